The molecular weight excluding hydrogens is 518 g/mol. The van der Waals surface area contributed by atoms with E-state index in [1.807, 2.05) is 47.2 Å². The molecule has 2 N–H and O–H groups in total. The molecular formula is C24H21N5O4S3. The van der Waals surface area contributed by atoms with Gasteiger partial charge in [0.1, 0.15) is 5.75 Å². The number of amides is 1. The molecule has 5 aromatic rings. The van der Waals surface area contributed by atoms with Crippen LogP contribution in [0.1, 0.15) is 12.6 Å². The first-order chi connectivity index (χ1) is 17.4. The Labute approximate surface area is 215 Å². The fourth-order valence-corrected chi connectivity index (χ4v) is 6.18. The summed E-state index contributed by atoms with van der Waals surface area (Å²) in [6.07, 6.45) is 3.58. The number of thiazole rings is 2. The number of hydrogen-bond acceptors (Lipinski definition) is 8. The number of imidazole rings is 1. The molecule has 2 aromatic carbocycles. The number of benzene rings is 2. The standard InChI is InChI=1S/C24H21N5O4S3/c1-2-33-19-7-3-16(4-8-19)21-14-29-18(15-35-24(29)27-21)13-22(30)26-17-5-9-20(10-6-17)36(31,32)28-23-25-11-12-34-23/h3-12,14-15H,2,13H2,1H3,(H,25,28)(H,26,30). The van der Waals surface area contributed by atoms with Crippen LogP contribution in [0.15, 0.2) is 76.6 Å². The predicted molar refractivity (Wildman–Crippen MR) is 141 cm³/mol. The molecule has 0 fully saturated rings. The first-order valence-electron chi connectivity index (χ1n) is 10.9. The van der Waals surface area contributed by atoms with Gasteiger partial charge >= 0.3 is 0 Å². The summed E-state index contributed by atoms with van der Waals surface area (Å²) in [6, 6.07) is 13.7. The molecule has 0 aliphatic rings. The van der Waals surface area contributed by atoms with Gasteiger partial charge in [0, 0.05) is 40.1 Å². The summed E-state index contributed by atoms with van der Waals surface area (Å²) in [5, 5.41) is 6.70. The molecule has 184 valence electrons. The van der Waals surface area contributed by atoms with Crippen molar-refractivity contribution in [3.8, 4) is 17.0 Å². The molecule has 5 rings (SSSR count). The number of carbonyl (C=O) groups is 1. The van der Waals surface area contributed by atoms with Gasteiger partial charge in [0.2, 0.25) is 5.91 Å². The van der Waals surface area contributed by atoms with Crippen molar-refractivity contribution in [2.45, 2.75) is 18.2 Å². The highest BCUT2D eigenvalue weighted by atomic mass is 32.2. The van der Waals surface area contributed by atoms with E-state index in [-0.39, 0.29) is 17.2 Å². The molecule has 0 radical (unpaired) electrons. The van der Waals surface area contributed by atoms with Gasteiger partial charge in [0.05, 0.1) is 23.6 Å². The molecule has 9 nitrogen and oxygen atoms in total. The van der Waals surface area contributed by atoms with E-state index in [0.29, 0.717) is 17.4 Å². The molecule has 0 aliphatic carbocycles. The minimum Gasteiger partial charge on any atom is -0.494 e. The van der Waals surface area contributed by atoms with Crippen molar-refractivity contribution in [2.24, 2.45) is 0 Å². The van der Waals surface area contributed by atoms with Gasteiger partial charge in [-0.2, -0.15) is 0 Å². The highest BCUT2D eigenvalue weighted by Gasteiger charge is 2.16. The number of anilines is 2. The van der Waals surface area contributed by atoms with Crippen molar-refractivity contribution in [1.29, 1.82) is 0 Å². The maximum absolute atomic E-state index is 12.7. The van der Waals surface area contributed by atoms with Gasteiger partial charge in [-0.15, -0.1) is 22.7 Å². The number of rotatable bonds is 9. The molecule has 0 aliphatic heterocycles. The Morgan fingerprint density at radius 2 is 1.86 bits per heavy atom. The zero-order valence-corrected chi connectivity index (χ0v) is 21.5. The first kappa shape index (κ1) is 24.0. The van der Waals surface area contributed by atoms with E-state index in [1.165, 1.54) is 41.0 Å². The lowest BCUT2D eigenvalue weighted by atomic mass is 10.1. The lowest BCUT2D eigenvalue weighted by molar-refractivity contribution is -0.115. The summed E-state index contributed by atoms with van der Waals surface area (Å²) in [5.41, 5.74) is 3.09. The number of fused-ring (bicyclic) bond motifs is 1. The van der Waals surface area contributed by atoms with Gasteiger partial charge in [-0.25, -0.2) is 18.4 Å². The van der Waals surface area contributed by atoms with Crippen LogP contribution >= 0.6 is 22.7 Å². The quantitative estimate of drug-likeness (QED) is 0.275. The Bertz CT molecular complexity index is 1590. The van der Waals surface area contributed by atoms with E-state index in [4.69, 9.17) is 4.74 Å². The zero-order valence-electron chi connectivity index (χ0n) is 19.0. The Hall–Kier alpha value is -3.74. The van der Waals surface area contributed by atoms with Crippen molar-refractivity contribution in [3.05, 3.63) is 77.4 Å². The van der Waals surface area contributed by atoms with Gasteiger partial charge in [0.15, 0.2) is 10.1 Å². The molecule has 3 aromatic heterocycles. The van der Waals surface area contributed by atoms with E-state index < -0.39 is 10.0 Å². The van der Waals surface area contributed by atoms with Gasteiger partial charge < -0.3 is 10.1 Å². The van der Waals surface area contributed by atoms with Crippen molar-refractivity contribution in [3.63, 3.8) is 0 Å². The number of nitrogens with zero attached hydrogens (tertiary/aromatic N) is 3. The van der Waals surface area contributed by atoms with Crippen LogP contribution in [0.2, 0.25) is 0 Å². The minimum atomic E-state index is -3.75. The average Bonchev–Trinajstić information content (AvgIpc) is 3.59. The number of ether oxygens (including phenoxy) is 1. The molecule has 0 saturated carbocycles. The fourth-order valence-electron chi connectivity index (χ4n) is 3.52. The molecule has 36 heavy (non-hydrogen) atoms. The van der Waals surface area contributed by atoms with Crippen LogP contribution in [0.5, 0.6) is 5.75 Å². The molecule has 0 atom stereocenters. The highest BCUT2D eigenvalue weighted by Crippen LogP contribution is 2.26. The lowest BCUT2D eigenvalue weighted by Gasteiger charge is -2.08. The van der Waals surface area contributed by atoms with Crippen LogP contribution < -0.4 is 14.8 Å². The molecule has 1 amide bonds. The smallest absolute Gasteiger partial charge is 0.263 e. The predicted octanol–water partition coefficient (Wildman–Crippen LogP) is 4.90. The molecule has 3 heterocycles. The number of nitrogens with one attached hydrogen (secondary N) is 2. The first-order valence-corrected chi connectivity index (χ1v) is 14.2. The third kappa shape index (κ3) is 5.25. The second-order valence-corrected chi connectivity index (χ2v) is 11.1. The summed E-state index contributed by atoms with van der Waals surface area (Å²) in [5.74, 6) is 0.587. The molecule has 12 heteroatoms. The number of aromatic nitrogens is 3. The molecule has 0 saturated heterocycles. The summed E-state index contributed by atoms with van der Waals surface area (Å²) < 4.78 is 34.8. The number of carbonyl (C=O) groups excluding carboxylic acids is 1. The van der Waals surface area contributed by atoms with Crippen LogP contribution in [0, 0.1) is 0 Å². The summed E-state index contributed by atoms with van der Waals surface area (Å²) in [7, 11) is -3.75. The zero-order chi connectivity index (χ0) is 25.1. The Balaban J connectivity index is 1.25. The van der Waals surface area contributed by atoms with Gasteiger partial charge in [-0.3, -0.25) is 13.9 Å². The van der Waals surface area contributed by atoms with Crippen LogP contribution in [-0.4, -0.2) is 35.3 Å². The topological polar surface area (TPSA) is 115 Å². The molecule has 0 bridgehead atoms. The monoisotopic (exact) mass is 539 g/mol. The molecule has 0 unspecified atom stereocenters. The lowest BCUT2D eigenvalue weighted by Crippen LogP contribution is -2.16. The third-order valence-corrected chi connectivity index (χ3v) is 8.25. The fraction of sp³-hybridized carbons (Fsp3) is 0.125. The van der Waals surface area contributed by atoms with Gasteiger partial charge in [-0.05, 0) is 55.5 Å². The van der Waals surface area contributed by atoms with Crippen molar-refractivity contribution in [1.82, 2.24) is 14.4 Å². The van der Waals surface area contributed by atoms with E-state index in [9.17, 15) is 13.2 Å². The number of sulfonamides is 1. The Morgan fingerprint density at radius 3 is 2.56 bits per heavy atom. The van der Waals surface area contributed by atoms with Crippen LogP contribution in [-0.2, 0) is 21.2 Å². The van der Waals surface area contributed by atoms with Gasteiger partial charge in [-0.1, -0.05) is 0 Å². The average molecular weight is 540 g/mol. The van der Waals surface area contributed by atoms with Crippen LogP contribution in [0.4, 0.5) is 10.8 Å². The van der Waals surface area contributed by atoms with Crippen molar-refractivity contribution < 1.29 is 17.9 Å². The van der Waals surface area contributed by atoms with Gasteiger partial charge in [0.25, 0.3) is 10.0 Å². The highest BCUT2D eigenvalue weighted by molar-refractivity contribution is 7.93. The Morgan fingerprint density at radius 1 is 1.08 bits per heavy atom. The van der Waals surface area contributed by atoms with E-state index in [2.05, 4.69) is 20.0 Å². The Kier molecular flexibility index (Phi) is 6.72. The van der Waals surface area contributed by atoms with Crippen LogP contribution in [0.3, 0.4) is 0 Å². The maximum Gasteiger partial charge on any atom is 0.263 e. The summed E-state index contributed by atoms with van der Waals surface area (Å²) >= 11 is 2.66. The summed E-state index contributed by atoms with van der Waals surface area (Å²) in [6.45, 7) is 2.55. The minimum absolute atomic E-state index is 0.0791. The summed E-state index contributed by atoms with van der Waals surface area (Å²) in [4.78, 5) is 22.2. The van der Waals surface area contributed by atoms with E-state index in [1.54, 1.807) is 17.5 Å². The second kappa shape index (κ2) is 10.1. The number of hydrogen-bond donors (Lipinski definition) is 2. The largest absolute Gasteiger partial charge is 0.494 e. The normalized spacial score (nSPS) is 11.5. The van der Waals surface area contributed by atoms with E-state index in [0.717, 1.165) is 27.7 Å². The third-order valence-electron chi connectivity index (χ3n) is 5.19. The molecule has 0 spiro atoms. The second-order valence-electron chi connectivity index (χ2n) is 7.66. The van der Waals surface area contributed by atoms with Crippen molar-refractivity contribution in [2.75, 3.05) is 16.6 Å². The van der Waals surface area contributed by atoms with E-state index >= 15 is 0 Å². The SMILES string of the molecule is CCOc1ccc(-c2cn3c(CC(=O)Nc4ccc(S(=O)(=O)Nc5nccs5)cc4)csc3n2)cc1. The maximum atomic E-state index is 12.7. The van der Waals surface area contributed by atoms with Crippen molar-refractivity contribution >= 4 is 54.4 Å². The van der Waals surface area contributed by atoms with Crippen LogP contribution in [0.25, 0.3) is 16.2 Å².